The second kappa shape index (κ2) is 4.38. The zero-order chi connectivity index (χ0) is 12.5. The minimum absolute atomic E-state index is 0.283. The molecule has 2 heterocycles. The molecule has 5 heteroatoms. The van der Waals surface area contributed by atoms with E-state index in [9.17, 15) is 0 Å². The Morgan fingerprint density at radius 3 is 2.94 bits per heavy atom. The van der Waals surface area contributed by atoms with Crippen molar-refractivity contribution in [2.75, 3.05) is 0 Å². The van der Waals surface area contributed by atoms with Crippen LogP contribution >= 0.6 is 11.6 Å². The number of imidazole rings is 1. The van der Waals surface area contributed by atoms with E-state index >= 15 is 0 Å². The summed E-state index contributed by atoms with van der Waals surface area (Å²) < 4.78 is 0. The Morgan fingerprint density at radius 1 is 1.22 bits per heavy atom. The van der Waals surface area contributed by atoms with Crippen molar-refractivity contribution in [1.29, 1.82) is 0 Å². The molecule has 0 amide bonds. The largest absolute Gasteiger partial charge is 0.342 e. The fourth-order valence-corrected chi connectivity index (χ4v) is 2.14. The number of aromatic nitrogens is 4. The number of aromatic amines is 1. The third-order valence-electron chi connectivity index (χ3n) is 2.73. The number of nitrogens with zero attached hydrogens (tertiary/aromatic N) is 3. The lowest BCUT2D eigenvalue weighted by Gasteiger charge is -2.01. The monoisotopic (exact) mass is 258 g/mol. The van der Waals surface area contributed by atoms with E-state index in [1.54, 1.807) is 6.20 Å². The molecule has 0 bridgehead atoms. The predicted octanol–water partition coefficient (Wildman–Crippen LogP) is 2.91. The number of nitrogens with one attached hydrogen (secondary N) is 1. The molecule has 4 nitrogen and oxygen atoms in total. The van der Waals surface area contributed by atoms with Crippen molar-refractivity contribution >= 4 is 22.6 Å². The number of benzene rings is 1. The van der Waals surface area contributed by atoms with E-state index in [-0.39, 0.29) is 5.28 Å². The van der Waals surface area contributed by atoms with Crippen molar-refractivity contribution in [1.82, 2.24) is 19.9 Å². The Bertz CT molecular complexity index is 705. The van der Waals surface area contributed by atoms with E-state index in [0.29, 0.717) is 0 Å². The lowest BCUT2D eigenvalue weighted by molar-refractivity contribution is 1.03. The Kier molecular flexibility index (Phi) is 2.72. The van der Waals surface area contributed by atoms with Gasteiger partial charge in [0.15, 0.2) is 0 Å². The first-order chi connectivity index (χ1) is 8.70. The molecule has 0 unspecified atom stereocenters. The van der Waals surface area contributed by atoms with Crippen LogP contribution in [0, 0.1) is 6.92 Å². The highest BCUT2D eigenvalue weighted by molar-refractivity contribution is 6.28. The van der Waals surface area contributed by atoms with Gasteiger partial charge in [-0.05, 0) is 42.3 Å². The van der Waals surface area contributed by atoms with Crippen molar-refractivity contribution in [2.24, 2.45) is 0 Å². The number of hydrogen-bond donors (Lipinski definition) is 1. The standard InChI is InChI=1S/C13H11ClN4/c1-8-16-11-3-2-9(7-12(11)17-8)6-10-4-5-15-13(14)18-10/h2-5,7H,6H2,1H3,(H,16,17). The molecule has 3 aromatic rings. The van der Waals surface area contributed by atoms with Crippen molar-refractivity contribution in [3.8, 4) is 0 Å². The summed E-state index contributed by atoms with van der Waals surface area (Å²) in [7, 11) is 0. The third kappa shape index (κ3) is 2.19. The van der Waals surface area contributed by atoms with E-state index in [4.69, 9.17) is 11.6 Å². The van der Waals surface area contributed by atoms with E-state index < -0.39 is 0 Å². The van der Waals surface area contributed by atoms with Crippen LogP contribution in [0.1, 0.15) is 17.1 Å². The first-order valence-corrected chi connectivity index (χ1v) is 6.01. The number of rotatable bonds is 2. The summed E-state index contributed by atoms with van der Waals surface area (Å²) in [6.07, 6.45) is 2.40. The SMILES string of the molecule is Cc1nc2ccc(Cc3ccnc(Cl)n3)cc2[nH]1. The van der Waals surface area contributed by atoms with Crippen LogP contribution in [-0.2, 0) is 6.42 Å². The zero-order valence-electron chi connectivity index (χ0n) is 9.81. The van der Waals surface area contributed by atoms with Crippen LogP contribution in [0.15, 0.2) is 30.5 Å². The normalized spacial score (nSPS) is 11.0. The molecule has 1 aromatic carbocycles. The van der Waals surface area contributed by atoms with E-state index in [2.05, 4.69) is 32.1 Å². The van der Waals surface area contributed by atoms with Gasteiger partial charge in [-0.25, -0.2) is 15.0 Å². The molecule has 0 saturated carbocycles. The smallest absolute Gasteiger partial charge is 0.222 e. The highest BCUT2D eigenvalue weighted by atomic mass is 35.5. The zero-order valence-corrected chi connectivity index (χ0v) is 10.6. The highest BCUT2D eigenvalue weighted by Gasteiger charge is 2.03. The Balaban J connectivity index is 1.94. The van der Waals surface area contributed by atoms with Crippen LogP contribution in [0.25, 0.3) is 11.0 Å². The number of hydrogen-bond acceptors (Lipinski definition) is 3. The summed E-state index contributed by atoms with van der Waals surface area (Å²) >= 11 is 5.77. The van der Waals surface area contributed by atoms with Crippen molar-refractivity contribution in [3.63, 3.8) is 0 Å². The summed E-state index contributed by atoms with van der Waals surface area (Å²) in [5, 5.41) is 0.283. The maximum atomic E-state index is 5.77. The Labute approximate surface area is 109 Å². The Morgan fingerprint density at radius 2 is 2.11 bits per heavy atom. The average molecular weight is 259 g/mol. The number of H-pyrrole nitrogens is 1. The van der Waals surface area contributed by atoms with Crippen LogP contribution in [0.5, 0.6) is 0 Å². The quantitative estimate of drug-likeness (QED) is 0.719. The van der Waals surface area contributed by atoms with Gasteiger partial charge in [0.2, 0.25) is 5.28 Å². The van der Waals surface area contributed by atoms with E-state index in [1.807, 2.05) is 19.1 Å². The molecular formula is C13H11ClN4. The molecule has 90 valence electrons. The van der Waals surface area contributed by atoms with Crippen molar-refractivity contribution < 1.29 is 0 Å². The Hall–Kier alpha value is -1.94. The minimum Gasteiger partial charge on any atom is -0.342 e. The summed E-state index contributed by atoms with van der Waals surface area (Å²) in [6, 6.07) is 8.02. The molecule has 0 fully saturated rings. The maximum absolute atomic E-state index is 5.77. The topological polar surface area (TPSA) is 54.5 Å². The minimum atomic E-state index is 0.283. The van der Waals surface area contributed by atoms with E-state index in [1.165, 1.54) is 5.56 Å². The summed E-state index contributed by atoms with van der Waals surface area (Å²) in [4.78, 5) is 15.7. The molecule has 1 N–H and O–H groups in total. The molecular weight excluding hydrogens is 248 g/mol. The molecule has 0 aliphatic carbocycles. The van der Waals surface area contributed by atoms with Crippen LogP contribution < -0.4 is 0 Å². The fourth-order valence-electron chi connectivity index (χ4n) is 1.97. The molecule has 3 rings (SSSR count). The third-order valence-corrected chi connectivity index (χ3v) is 2.92. The molecule has 0 aliphatic heterocycles. The number of aryl methyl sites for hydroxylation is 1. The van der Waals surface area contributed by atoms with Crippen LogP contribution in [0.3, 0.4) is 0 Å². The highest BCUT2D eigenvalue weighted by Crippen LogP contribution is 2.16. The van der Waals surface area contributed by atoms with Crippen molar-refractivity contribution in [2.45, 2.75) is 13.3 Å². The fraction of sp³-hybridized carbons (Fsp3) is 0.154. The predicted molar refractivity (Wildman–Crippen MR) is 70.7 cm³/mol. The molecule has 2 aromatic heterocycles. The second-order valence-corrected chi connectivity index (χ2v) is 4.51. The van der Waals surface area contributed by atoms with Gasteiger partial charge in [-0.15, -0.1) is 0 Å². The second-order valence-electron chi connectivity index (χ2n) is 4.17. The van der Waals surface area contributed by atoms with Crippen LogP contribution in [0.2, 0.25) is 5.28 Å². The van der Waals surface area contributed by atoms with Gasteiger partial charge in [0, 0.05) is 18.3 Å². The molecule has 18 heavy (non-hydrogen) atoms. The molecule has 0 atom stereocenters. The summed E-state index contributed by atoms with van der Waals surface area (Å²) in [5.41, 5.74) is 4.11. The molecule has 0 spiro atoms. The molecule has 0 saturated heterocycles. The van der Waals surface area contributed by atoms with Gasteiger partial charge in [-0.2, -0.15) is 0 Å². The van der Waals surface area contributed by atoms with Gasteiger partial charge < -0.3 is 4.98 Å². The van der Waals surface area contributed by atoms with Gasteiger partial charge in [-0.3, -0.25) is 0 Å². The lowest BCUT2D eigenvalue weighted by Crippen LogP contribution is -1.93. The molecule has 0 radical (unpaired) electrons. The number of halogens is 1. The lowest BCUT2D eigenvalue weighted by atomic mass is 10.1. The molecule has 0 aliphatic rings. The van der Waals surface area contributed by atoms with Gasteiger partial charge in [0.1, 0.15) is 5.82 Å². The van der Waals surface area contributed by atoms with Crippen molar-refractivity contribution in [3.05, 3.63) is 52.8 Å². The van der Waals surface area contributed by atoms with E-state index in [0.717, 1.165) is 29.0 Å². The van der Waals surface area contributed by atoms with Crippen LogP contribution in [-0.4, -0.2) is 19.9 Å². The summed E-state index contributed by atoms with van der Waals surface area (Å²) in [6.45, 7) is 1.95. The van der Waals surface area contributed by atoms with Gasteiger partial charge in [-0.1, -0.05) is 6.07 Å². The average Bonchev–Trinajstić information content (AvgIpc) is 2.68. The van der Waals surface area contributed by atoms with Gasteiger partial charge in [0.05, 0.1) is 11.0 Å². The van der Waals surface area contributed by atoms with Gasteiger partial charge in [0.25, 0.3) is 0 Å². The first kappa shape index (κ1) is 11.2. The van der Waals surface area contributed by atoms with Crippen LogP contribution in [0.4, 0.5) is 0 Å². The summed E-state index contributed by atoms with van der Waals surface area (Å²) in [5.74, 6) is 0.923. The van der Waals surface area contributed by atoms with Gasteiger partial charge >= 0.3 is 0 Å². The first-order valence-electron chi connectivity index (χ1n) is 5.63. The maximum Gasteiger partial charge on any atom is 0.222 e. The number of fused-ring (bicyclic) bond motifs is 1.